The first-order chi connectivity index (χ1) is 11.5. The molecule has 6 heteroatoms. The Bertz CT molecular complexity index is 621. The number of rotatable bonds is 5. The summed E-state index contributed by atoms with van der Waals surface area (Å²) in [6.07, 6.45) is 0.866. The van der Waals surface area contributed by atoms with E-state index >= 15 is 0 Å². The zero-order valence-corrected chi connectivity index (χ0v) is 14.0. The number of benzene rings is 1. The summed E-state index contributed by atoms with van der Waals surface area (Å²) < 4.78 is 10.7. The van der Waals surface area contributed by atoms with Gasteiger partial charge in [-0.3, -0.25) is 9.59 Å². The molecule has 0 saturated carbocycles. The minimum Gasteiger partial charge on any atom is -0.481 e. The number of carbonyl (C=O) groups excluding carboxylic acids is 2. The Morgan fingerprint density at radius 1 is 1.38 bits per heavy atom. The van der Waals surface area contributed by atoms with Crippen LogP contribution in [0.25, 0.3) is 0 Å². The van der Waals surface area contributed by atoms with Crippen LogP contribution < -0.4 is 4.74 Å². The predicted molar refractivity (Wildman–Crippen MR) is 87.2 cm³/mol. The number of likely N-dealkylation sites (tertiary alicyclic amines) is 1. The first-order valence-electron chi connectivity index (χ1n) is 8.17. The molecule has 0 radical (unpaired) electrons. The van der Waals surface area contributed by atoms with Crippen molar-refractivity contribution < 1.29 is 19.1 Å². The Labute approximate surface area is 142 Å². The second-order valence-corrected chi connectivity index (χ2v) is 5.77. The molecule has 1 fully saturated rings. The number of carbonyl (C=O) groups is 2. The second kappa shape index (κ2) is 8.34. The average Bonchev–Trinajstić information content (AvgIpc) is 2.62. The fourth-order valence-corrected chi connectivity index (χ4v) is 2.75. The molecule has 1 aromatic carbocycles. The molecule has 2 rings (SSSR count). The van der Waals surface area contributed by atoms with E-state index in [1.165, 1.54) is 0 Å². The number of nitriles is 1. The highest BCUT2D eigenvalue weighted by Crippen LogP contribution is 2.20. The van der Waals surface area contributed by atoms with Crippen LogP contribution in [0.3, 0.4) is 0 Å². The summed E-state index contributed by atoms with van der Waals surface area (Å²) in [6, 6.07) is 8.65. The number of hydrogen-bond donors (Lipinski definition) is 0. The number of nitrogens with zero attached hydrogens (tertiary/aromatic N) is 2. The van der Waals surface area contributed by atoms with Crippen molar-refractivity contribution in [3.63, 3.8) is 0 Å². The zero-order valence-electron chi connectivity index (χ0n) is 14.0. The van der Waals surface area contributed by atoms with Gasteiger partial charge in [0.25, 0.3) is 5.91 Å². The lowest BCUT2D eigenvalue weighted by Gasteiger charge is -2.33. The molecule has 0 bridgehead atoms. The lowest BCUT2D eigenvalue weighted by Crippen LogP contribution is -2.47. The molecule has 1 aliphatic heterocycles. The van der Waals surface area contributed by atoms with Crippen LogP contribution in [0, 0.1) is 17.2 Å². The van der Waals surface area contributed by atoms with Gasteiger partial charge in [-0.2, -0.15) is 5.26 Å². The highest BCUT2D eigenvalue weighted by atomic mass is 16.5. The first-order valence-corrected chi connectivity index (χ1v) is 8.17. The molecule has 1 amide bonds. The fourth-order valence-electron chi connectivity index (χ4n) is 2.75. The van der Waals surface area contributed by atoms with Gasteiger partial charge < -0.3 is 14.4 Å². The van der Waals surface area contributed by atoms with Gasteiger partial charge in [0.15, 0.2) is 6.10 Å². The van der Waals surface area contributed by atoms with E-state index in [0.29, 0.717) is 31.0 Å². The summed E-state index contributed by atoms with van der Waals surface area (Å²) in [6.45, 7) is 4.81. The number of piperidine rings is 1. The summed E-state index contributed by atoms with van der Waals surface area (Å²) in [5, 5.41) is 8.79. The third-order valence-electron chi connectivity index (χ3n) is 4.00. The number of ether oxygens (including phenoxy) is 2. The van der Waals surface area contributed by atoms with Crippen LogP contribution in [0.1, 0.15) is 32.3 Å². The lowest BCUT2D eigenvalue weighted by atomic mass is 9.98. The Balaban J connectivity index is 1.94. The molecule has 0 spiro atoms. The van der Waals surface area contributed by atoms with Crippen molar-refractivity contribution >= 4 is 11.9 Å². The van der Waals surface area contributed by atoms with E-state index < -0.39 is 6.10 Å². The van der Waals surface area contributed by atoms with E-state index in [1.54, 1.807) is 43.0 Å². The van der Waals surface area contributed by atoms with Gasteiger partial charge in [0, 0.05) is 13.1 Å². The molecule has 6 nitrogen and oxygen atoms in total. The van der Waals surface area contributed by atoms with E-state index in [9.17, 15) is 9.59 Å². The minimum atomic E-state index is -0.654. The quantitative estimate of drug-likeness (QED) is 0.773. The van der Waals surface area contributed by atoms with E-state index in [0.717, 1.165) is 12.8 Å². The van der Waals surface area contributed by atoms with Gasteiger partial charge in [-0.05, 0) is 51.0 Å². The van der Waals surface area contributed by atoms with Crippen molar-refractivity contribution in [2.75, 3.05) is 19.7 Å². The van der Waals surface area contributed by atoms with Crippen LogP contribution in [-0.2, 0) is 14.3 Å². The van der Waals surface area contributed by atoms with Crippen LogP contribution in [0.5, 0.6) is 5.75 Å². The predicted octanol–water partition coefficient (Wildman–Crippen LogP) is 2.13. The minimum absolute atomic E-state index is 0.145. The number of amides is 1. The summed E-state index contributed by atoms with van der Waals surface area (Å²) in [5.74, 6) is -0.109. The maximum atomic E-state index is 12.5. The SMILES string of the molecule is CCOC(=O)[C@@H]1CCCN(C(=O)[C@H](C)Oc2ccc(C#N)cc2)C1. The van der Waals surface area contributed by atoms with Gasteiger partial charge in [0.1, 0.15) is 5.75 Å². The van der Waals surface area contributed by atoms with Crippen LogP contribution in [-0.4, -0.2) is 42.6 Å². The molecular formula is C18H22N2O4. The van der Waals surface area contributed by atoms with Crippen LogP contribution >= 0.6 is 0 Å². The van der Waals surface area contributed by atoms with Crippen LogP contribution in [0.4, 0.5) is 0 Å². The smallest absolute Gasteiger partial charge is 0.310 e. The molecule has 2 atom stereocenters. The highest BCUT2D eigenvalue weighted by Gasteiger charge is 2.31. The molecule has 128 valence electrons. The van der Waals surface area contributed by atoms with Gasteiger partial charge in [-0.25, -0.2) is 0 Å². The summed E-state index contributed by atoms with van der Waals surface area (Å²) in [5.41, 5.74) is 0.537. The van der Waals surface area contributed by atoms with Gasteiger partial charge in [0.2, 0.25) is 0 Å². The lowest BCUT2D eigenvalue weighted by molar-refractivity contribution is -0.152. The largest absolute Gasteiger partial charge is 0.481 e. The van der Waals surface area contributed by atoms with E-state index in [1.807, 2.05) is 6.07 Å². The Morgan fingerprint density at radius 3 is 2.71 bits per heavy atom. The number of hydrogen-bond acceptors (Lipinski definition) is 5. The van der Waals surface area contributed by atoms with Crippen molar-refractivity contribution in [3.05, 3.63) is 29.8 Å². The van der Waals surface area contributed by atoms with Crippen molar-refractivity contribution in [1.29, 1.82) is 5.26 Å². The standard InChI is InChI=1S/C18H22N2O4/c1-3-23-18(22)15-5-4-10-20(12-15)17(21)13(2)24-16-8-6-14(11-19)7-9-16/h6-9,13,15H,3-5,10,12H2,1-2H3/t13-,15+/m0/s1. The summed E-state index contributed by atoms with van der Waals surface area (Å²) >= 11 is 0. The molecule has 0 aliphatic carbocycles. The normalized spacial score (nSPS) is 18.4. The van der Waals surface area contributed by atoms with Gasteiger partial charge in [-0.15, -0.1) is 0 Å². The van der Waals surface area contributed by atoms with Crippen molar-refractivity contribution in [2.24, 2.45) is 5.92 Å². The zero-order chi connectivity index (χ0) is 17.5. The van der Waals surface area contributed by atoms with Crippen molar-refractivity contribution in [3.8, 4) is 11.8 Å². The molecule has 1 aliphatic rings. The Hall–Kier alpha value is -2.55. The maximum Gasteiger partial charge on any atom is 0.310 e. The molecule has 0 aromatic heterocycles. The molecule has 0 unspecified atom stereocenters. The van der Waals surface area contributed by atoms with Gasteiger partial charge in [-0.1, -0.05) is 0 Å². The third-order valence-corrected chi connectivity index (χ3v) is 4.00. The van der Waals surface area contributed by atoms with Crippen LogP contribution in [0.15, 0.2) is 24.3 Å². The molecule has 0 N–H and O–H groups in total. The monoisotopic (exact) mass is 330 g/mol. The third kappa shape index (κ3) is 4.48. The maximum absolute atomic E-state index is 12.5. The van der Waals surface area contributed by atoms with Crippen molar-refractivity contribution in [1.82, 2.24) is 4.90 Å². The fraction of sp³-hybridized carbons (Fsp3) is 0.500. The molecule has 1 heterocycles. The summed E-state index contributed by atoms with van der Waals surface area (Å²) in [7, 11) is 0. The highest BCUT2D eigenvalue weighted by molar-refractivity contribution is 5.82. The van der Waals surface area contributed by atoms with Crippen molar-refractivity contribution in [2.45, 2.75) is 32.8 Å². The van der Waals surface area contributed by atoms with Gasteiger partial charge in [0.05, 0.1) is 24.2 Å². The van der Waals surface area contributed by atoms with Crippen LogP contribution in [0.2, 0.25) is 0 Å². The molecule has 1 aromatic rings. The number of esters is 1. The molecular weight excluding hydrogens is 308 g/mol. The summed E-state index contributed by atoms with van der Waals surface area (Å²) in [4.78, 5) is 26.1. The first kappa shape index (κ1) is 17.8. The second-order valence-electron chi connectivity index (χ2n) is 5.77. The Morgan fingerprint density at radius 2 is 2.08 bits per heavy atom. The average molecular weight is 330 g/mol. The van der Waals surface area contributed by atoms with E-state index in [-0.39, 0.29) is 17.8 Å². The van der Waals surface area contributed by atoms with Gasteiger partial charge >= 0.3 is 5.97 Å². The molecule has 24 heavy (non-hydrogen) atoms. The topological polar surface area (TPSA) is 79.6 Å². The van der Waals surface area contributed by atoms with E-state index in [4.69, 9.17) is 14.7 Å². The Kier molecular flexibility index (Phi) is 6.19. The molecule has 1 saturated heterocycles. The van der Waals surface area contributed by atoms with E-state index in [2.05, 4.69) is 0 Å².